The number of benzene rings is 3. The minimum atomic E-state index is -3.52. The lowest BCUT2D eigenvalue weighted by Crippen LogP contribution is -2.17. The molecule has 0 spiro atoms. The van der Waals surface area contributed by atoms with Gasteiger partial charge in [-0.2, -0.15) is 5.10 Å². The minimum absolute atomic E-state index is 0.0738. The molecule has 0 aliphatic carbocycles. The molecule has 1 amide bonds. The molecule has 0 heterocycles. The third-order valence-corrected chi connectivity index (χ3v) is 6.04. The van der Waals surface area contributed by atoms with Gasteiger partial charge in [0.2, 0.25) is 0 Å². The number of rotatable bonds is 6. The second kappa shape index (κ2) is 9.59. The highest BCUT2D eigenvalue weighted by Crippen LogP contribution is 2.23. The number of sulfone groups is 1. The highest BCUT2D eigenvalue weighted by Gasteiger charge is 2.09. The number of hydrogen-bond donors (Lipinski definition) is 2. The number of phenolic OH excluding ortho intramolecular Hbond substituents is 1. The molecule has 6 nitrogen and oxygen atoms in total. The SMILES string of the molecule is Cc1ccc(S(=O)(=O)/C=C/c2ccc(/C=N/NC(=O)c3ccc(O)c(Cl)c3)cc2)cc1. The first-order chi connectivity index (χ1) is 14.7. The van der Waals surface area contributed by atoms with Gasteiger partial charge in [0.1, 0.15) is 5.75 Å². The summed E-state index contributed by atoms with van der Waals surface area (Å²) >= 11 is 5.79. The third-order valence-electron chi connectivity index (χ3n) is 4.32. The highest BCUT2D eigenvalue weighted by atomic mass is 35.5. The van der Waals surface area contributed by atoms with Crippen molar-refractivity contribution in [3.63, 3.8) is 0 Å². The van der Waals surface area contributed by atoms with E-state index in [4.69, 9.17) is 11.6 Å². The number of nitrogens with one attached hydrogen (secondary N) is 1. The van der Waals surface area contributed by atoms with Crippen LogP contribution in [0.5, 0.6) is 5.75 Å². The van der Waals surface area contributed by atoms with Crippen molar-refractivity contribution in [2.75, 3.05) is 0 Å². The van der Waals surface area contributed by atoms with Crippen molar-refractivity contribution in [2.24, 2.45) is 5.10 Å². The fraction of sp³-hybridized carbons (Fsp3) is 0.0435. The van der Waals surface area contributed by atoms with Crippen LogP contribution in [0.3, 0.4) is 0 Å². The molecule has 0 fully saturated rings. The molecule has 0 saturated carbocycles. The Morgan fingerprint density at radius 2 is 1.65 bits per heavy atom. The van der Waals surface area contributed by atoms with Crippen molar-refractivity contribution < 1.29 is 18.3 Å². The number of aromatic hydroxyl groups is 1. The Labute approximate surface area is 185 Å². The Kier molecular flexibility index (Phi) is 6.89. The average molecular weight is 455 g/mol. The molecule has 0 atom stereocenters. The van der Waals surface area contributed by atoms with E-state index in [-0.39, 0.29) is 21.2 Å². The van der Waals surface area contributed by atoms with Crippen molar-refractivity contribution in [3.05, 3.63) is 99.4 Å². The molecule has 3 aromatic rings. The van der Waals surface area contributed by atoms with E-state index in [0.717, 1.165) is 5.56 Å². The normalized spacial score (nSPS) is 11.8. The molecule has 0 radical (unpaired) electrons. The van der Waals surface area contributed by atoms with Crippen molar-refractivity contribution in [1.29, 1.82) is 0 Å². The largest absolute Gasteiger partial charge is 0.506 e. The van der Waals surface area contributed by atoms with E-state index >= 15 is 0 Å². The summed E-state index contributed by atoms with van der Waals surface area (Å²) in [5, 5.41) is 14.5. The number of halogens is 1. The quantitative estimate of drug-likeness (QED) is 0.421. The summed E-state index contributed by atoms with van der Waals surface area (Å²) in [6.45, 7) is 1.89. The molecule has 0 aliphatic heterocycles. The number of phenols is 1. The van der Waals surface area contributed by atoms with E-state index in [9.17, 15) is 18.3 Å². The molecule has 2 N–H and O–H groups in total. The van der Waals surface area contributed by atoms with Crippen LogP contribution in [0.2, 0.25) is 5.02 Å². The molecule has 31 heavy (non-hydrogen) atoms. The maximum absolute atomic E-state index is 12.4. The third kappa shape index (κ3) is 6.04. The van der Waals surface area contributed by atoms with Crippen molar-refractivity contribution in [3.8, 4) is 5.75 Å². The number of hydrazone groups is 1. The fourth-order valence-corrected chi connectivity index (χ4v) is 3.74. The molecule has 0 unspecified atom stereocenters. The number of hydrogen-bond acceptors (Lipinski definition) is 5. The predicted octanol–water partition coefficient (Wildman–Crippen LogP) is 4.56. The van der Waals surface area contributed by atoms with Crippen LogP contribution in [0.25, 0.3) is 6.08 Å². The van der Waals surface area contributed by atoms with Gasteiger partial charge in [-0.25, -0.2) is 13.8 Å². The summed E-state index contributed by atoms with van der Waals surface area (Å²) in [6.07, 6.45) is 2.98. The molecule has 0 aliphatic rings. The van der Waals surface area contributed by atoms with Gasteiger partial charge in [0.25, 0.3) is 5.91 Å². The maximum Gasteiger partial charge on any atom is 0.271 e. The molecule has 0 saturated heterocycles. The van der Waals surface area contributed by atoms with Crippen LogP contribution < -0.4 is 5.43 Å². The molecule has 0 aromatic heterocycles. The molecule has 0 bridgehead atoms. The van der Waals surface area contributed by atoms with Gasteiger partial charge in [0, 0.05) is 11.0 Å². The number of aryl methyl sites for hydroxylation is 1. The Balaban J connectivity index is 1.62. The molecule has 8 heteroatoms. The second-order valence-electron chi connectivity index (χ2n) is 6.69. The molecule has 158 valence electrons. The van der Waals surface area contributed by atoms with E-state index < -0.39 is 15.7 Å². The smallest absolute Gasteiger partial charge is 0.271 e. The van der Waals surface area contributed by atoms with E-state index in [2.05, 4.69) is 10.5 Å². The van der Waals surface area contributed by atoms with E-state index in [1.807, 2.05) is 6.92 Å². The second-order valence-corrected chi connectivity index (χ2v) is 8.93. The van der Waals surface area contributed by atoms with E-state index in [1.165, 1.54) is 35.9 Å². The summed E-state index contributed by atoms with van der Waals surface area (Å²) in [6, 6.07) is 17.7. The van der Waals surface area contributed by atoms with Crippen LogP contribution in [0.15, 0.2) is 82.1 Å². The summed E-state index contributed by atoms with van der Waals surface area (Å²) < 4.78 is 24.8. The van der Waals surface area contributed by atoms with Crippen LogP contribution >= 0.6 is 11.6 Å². The number of carbonyl (C=O) groups excluding carboxylic acids is 1. The number of amides is 1. The summed E-state index contributed by atoms with van der Waals surface area (Å²) in [5.41, 5.74) is 5.04. The molecular formula is C23H19ClN2O4S. The standard InChI is InChI=1S/C23H19ClN2O4S/c1-16-2-9-20(10-3-16)31(29,30)13-12-17-4-6-18(7-5-17)15-25-26-23(28)19-8-11-22(27)21(24)14-19/h2-15,27H,1H3,(H,26,28)/b13-12+,25-15+. The van der Waals surface area contributed by atoms with Crippen molar-refractivity contribution in [2.45, 2.75) is 11.8 Å². The predicted molar refractivity (Wildman–Crippen MR) is 122 cm³/mol. The Hall–Kier alpha value is -3.42. The van der Waals surface area contributed by atoms with Gasteiger partial charge in [0.15, 0.2) is 9.84 Å². The lowest BCUT2D eigenvalue weighted by molar-refractivity contribution is 0.0955. The Morgan fingerprint density at radius 1 is 1.00 bits per heavy atom. The first-order valence-electron chi connectivity index (χ1n) is 9.16. The van der Waals surface area contributed by atoms with Gasteiger partial charge in [-0.15, -0.1) is 0 Å². The topological polar surface area (TPSA) is 95.8 Å². The lowest BCUT2D eigenvalue weighted by Gasteiger charge is -2.02. The molecular weight excluding hydrogens is 436 g/mol. The zero-order valence-electron chi connectivity index (χ0n) is 16.5. The summed E-state index contributed by atoms with van der Waals surface area (Å²) in [4.78, 5) is 12.3. The monoisotopic (exact) mass is 454 g/mol. The van der Waals surface area contributed by atoms with Crippen LogP contribution in [0.1, 0.15) is 27.0 Å². The summed E-state index contributed by atoms with van der Waals surface area (Å²) in [7, 11) is -3.52. The zero-order chi connectivity index (χ0) is 22.4. The van der Waals surface area contributed by atoms with E-state index in [0.29, 0.717) is 11.1 Å². The van der Waals surface area contributed by atoms with E-state index in [1.54, 1.807) is 48.5 Å². The minimum Gasteiger partial charge on any atom is -0.506 e. The first kappa shape index (κ1) is 22.3. The van der Waals surface area contributed by atoms with Gasteiger partial charge in [-0.05, 0) is 54.5 Å². The highest BCUT2D eigenvalue weighted by molar-refractivity contribution is 7.94. The van der Waals surface area contributed by atoms with Gasteiger partial charge >= 0.3 is 0 Å². The van der Waals surface area contributed by atoms with Gasteiger partial charge in [-0.1, -0.05) is 53.6 Å². The van der Waals surface area contributed by atoms with Gasteiger partial charge < -0.3 is 5.11 Å². The fourth-order valence-electron chi connectivity index (χ4n) is 2.55. The Bertz CT molecular complexity index is 1250. The van der Waals surface area contributed by atoms with Crippen LogP contribution in [-0.2, 0) is 9.84 Å². The van der Waals surface area contributed by atoms with Crippen LogP contribution in [0.4, 0.5) is 0 Å². The molecule has 3 aromatic carbocycles. The lowest BCUT2D eigenvalue weighted by atomic mass is 10.1. The number of nitrogens with zero attached hydrogens (tertiary/aromatic N) is 1. The maximum atomic E-state index is 12.4. The van der Waals surface area contributed by atoms with Gasteiger partial charge in [0.05, 0.1) is 16.1 Å². The number of carbonyl (C=O) groups is 1. The summed E-state index contributed by atoms with van der Waals surface area (Å²) in [5.74, 6) is -0.582. The molecule has 3 rings (SSSR count). The van der Waals surface area contributed by atoms with Crippen LogP contribution in [0, 0.1) is 6.92 Å². The van der Waals surface area contributed by atoms with Gasteiger partial charge in [-0.3, -0.25) is 4.79 Å². The van der Waals surface area contributed by atoms with Crippen molar-refractivity contribution in [1.82, 2.24) is 5.43 Å². The Morgan fingerprint density at radius 3 is 2.29 bits per heavy atom. The van der Waals surface area contributed by atoms with Crippen LogP contribution in [-0.4, -0.2) is 25.6 Å². The zero-order valence-corrected chi connectivity index (χ0v) is 18.1. The first-order valence-corrected chi connectivity index (χ1v) is 11.1. The average Bonchev–Trinajstić information content (AvgIpc) is 2.75. The van der Waals surface area contributed by atoms with Crippen molar-refractivity contribution >= 4 is 39.6 Å².